The average Bonchev–Trinajstić information content (AvgIpc) is 3.16. The van der Waals surface area contributed by atoms with E-state index in [0.29, 0.717) is 5.75 Å². The van der Waals surface area contributed by atoms with Crippen molar-refractivity contribution >= 4 is 10.9 Å². The van der Waals surface area contributed by atoms with Gasteiger partial charge in [0.05, 0.1) is 5.92 Å². The van der Waals surface area contributed by atoms with Crippen LogP contribution in [0.3, 0.4) is 0 Å². The first kappa shape index (κ1) is 16.6. The Labute approximate surface area is 161 Å². The maximum atomic E-state index is 12.3. The van der Waals surface area contributed by atoms with Gasteiger partial charge in [0.15, 0.2) is 6.10 Å². The van der Waals surface area contributed by atoms with E-state index in [9.17, 15) is 10.1 Å². The predicted octanol–water partition coefficient (Wildman–Crippen LogP) is 5.08. The zero-order valence-electron chi connectivity index (χ0n) is 15.0. The van der Waals surface area contributed by atoms with Gasteiger partial charge >= 0.3 is 0 Å². The number of H-pyrrole nitrogens is 1. The summed E-state index contributed by atoms with van der Waals surface area (Å²) in [5, 5.41) is 13.3. The minimum Gasteiger partial charge on any atom is -0.478 e. The van der Waals surface area contributed by atoms with Gasteiger partial charge in [0.25, 0.3) is 6.04 Å². The van der Waals surface area contributed by atoms with Gasteiger partial charge in [-0.3, -0.25) is 10.1 Å². The van der Waals surface area contributed by atoms with Gasteiger partial charge in [-0.05, 0) is 23.3 Å². The first-order valence-electron chi connectivity index (χ1n) is 9.24. The number of nitrogens with zero attached hydrogens (tertiary/aromatic N) is 1. The molecule has 0 spiro atoms. The number of fused-ring (bicyclic) bond motifs is 2. The fourth-order valence-corrected chi connectivity index (χ4v) is 4.25. The molecule has 0 amide bonds. The zero-order valence-corrected chi connectivity index (χ0v) is 15.0. The highest BCUT2D eigenvalue weighted by Crippen LogP contribution is 2.47. The molecule has 0 fully saturated rings. The Bertz CT molecular complexity index is 1150. The lowest BCUT2D eigenvalue weighted by Crippen LogP contribution is -2.40. The fourth-order valence-electron chi connectivity index (χ4n) is 4.25. The molecule has 0 saturated carbocycles. The summed E-state index contributed by atoms with van der Waals surface area (Å²) in [4.78, 5) is 15.4. The van der Waals surface area contributed by atoms with Crippen LogP contribution in [0.5, 0.6) is 5.75 Å². The smallest absolute Gasteiger partial charge is 0.264 e. The van der Waals surface area contributed by atoms with Gasteiger partial charge in [-0.15, -0.1) is 0 Å². The lowest BCUT2D eigenvalue weighted by Gasteiger charge is -2.34. The van der Waals surface area contributed by atoms with Crippen LogP contribution in [-0.4, -0.2) is 15.9 Å². The third-order valence-corrected chi connectivity index (χ3v) is 5.49. The van der Waals surface area contributed by atoms with Crippen molar-refractivity contribution in [2.45, 2.75) is 18.1 Å². The number of hydrogen-bond acceptors (Lipinski definition) is 3. The molecule has 0 aliphatic carbocycles. The quantitative estimate of drug-likeness (QED) is 0.404. The Kier molecular flexibility index (Phi) is 3.86. The standard InChI is InChI=1S/C23H18N2O3/c26-25(27)22-21(18-14-24-19-12-6-4-10-16(18)19)17-11-5-7-13-20(17)28-23(22)15-8-2-1-3-9-15/h1-14,21-24H/t21-,22-,23-/m1/s1. The van der Waals surface area contributed by atoms with Gasteiger partial charge in [0.1, 0.15) is 5.75 Å². The molecule has 5 nitrogen and oxygen atoms in total. The maximum Gasteiger partial charge on any atom is 0.264 e. The number of aromatic nitrogens is 1. The number of nitrogens with one attached hydrogen (secondary N) is 1. The normalized spacial score (nSPS) is 21.1. The van der Waals surface area contributed by atoms with Crippen LogP contribution in [0.1, 0.15) is 28.7 Å². The van der Waals surface area contributed by atoms with Crippen molar-refractivity contribution in [2.24, 2.45) is 0 Å². The van der Waals surface area contributed by atoms with Crippen molar-refractivity contribution in [3.05, 3.63) is 112 Å². The third-order valence-electron chi connectivity index (χ3n) is 5.49. The summed E-state index contributed by atoms with van der Waals surface area (Å²) in [6, 6.07) is 24.1. The Morgan fingerprint density at radius 1 is 0.857 bits per heavy atom. The summed E-state index contributed by atoms with van der Waals surface area (Å²) in [7, 11) is 0. The number of ether oxygens (including phenoxy) is 1. The zero-order chi connectivity index (χ0) is 19.1. The molecule has 0 bridgehead atoms. The molecule has 1 aliphatic rings. The second-order valence-electron chi connectivity index (χ2n) is 7.03. The van der Waals surface area contributed by atoms with E-state index in [1.165, 1.54) is 0 Å². The van der Waals surface area contributed by atoms with Crippen molar-refractivity contribution in [1.82, 2.24) is 4.98 Å². The summed E-state index contributed by atoms with van der Waals surface area (Å²) in [6.07, 6.45) is 1.24. The minimum absolute atomic E-state index is 0.194. The van der Waals surface area contributed by atoms with E-state index >= 15 is 0 Å². The van der Waals surface area contributed by atoms with Gasteiger partial charge in [0, 0.05) is 27.6 Å². The summed E-state index contributed by atoms with van der Waals surface area (Å²) >= 11 is 0. The Balaban J connectivity index is 1.75. The lowest BCUT2D eigenvalue weighted by molar-refractivity contribution is -0.538. The van der Waals surface area contributed by atoms with Crippen LogP contribution in [0.4, 0.5) is 0 Å². The molecule has 0 unspecified atom stereocenters. The molecule has 1 N–H and O–H groups in total. The predicted molar refractivity (Wildman–Crippen MR) is 107 cm³/mol. The molecule has 0 saturated heterocycles. The van der Waals surface area contributed by atoms with E-state index < -0.39 is 18.1 Å². The number of aromatic amines is 1. The summed E-state index contributed by atoms with van der Waals surface area (Å²) in [5.41, 5.74) is 3.55. The highest BCUT2D eigenvalue weighted by atomic mass is 16.6. The van der Waals surface area contributed by atoms with Gasteiger partial charge in [0.2, 0.25) is 0 Å². The van der Waals surface area contributed by atoms with Gasteiger partial charge in [-0.2, -0.15) is 0 Å². The van der Waals surface area contributed by atoms with Crippen molar-refractivity contribution in [3.8, 4) is 5.75 Å². The molecule has 0 radical (unpaired) electrons. The van der Waals surface area contributed by atoms with Crippen molar-refractivity contribution in [2.75, 3.05) is 0 Å². The molecule has 2 heterocycles. The van der Waals surface area contributed by atoms with E-state index in [1.54, 1.807) is 0 Å². The Morgan fingerprint density at radius 3 is 2.39 bits per heavy atom. The van der Waals surface area contributed by atoms with Crippen LogP contribution in [0.25, 0.3) is 10.9 Å². The van der Waals surface area contributed by atoms with E-state index in [2.05, 4.69) is 4.98 Å². The van der Waals surface area contributed by atoms with Gasteiger partial charge in [-0.25, -0.2) is 0 Å². The topological polar surface area (TPSA) is 68.2 Å². The molecule has 1 aliphatic heterocycles. The maximum absolute atomic E-state index is 12.3. The molecule has 5 rings (SSSR count). The first-order valence-corrected chi connectivity index (χ1v) is 9.24. The molecular formula is C23H18N2O3. The first-order chi connectivity index (χ1) is 13.7. The van der Waals surface area contributed by atoms with Crippen molar-refractivity contribution in [3.63, 3.8) is 0 Å². The Hall–Kier alpha value is -3.60. The van der Waals surface area contributed by atoms with Crippen LogP contribution < -0.4 is 4.74 Å². The number of nitro groups is 1. The summed E-state index contributed by atoms with van der Waals surface area (Å²) in [6.45, 7) is 0. The lowest BCUT2D eigenvalue weighted by atomic mass is 9.78. The molecule has 3 atom stereocenters. The molecule has 1 aromatic heterocycles. The van der Waals surface area contributed by atoms with E-state index in [4.69, 9.17) is 4.74 Å². The van der Waals surface area contributed by atoms with Crippen LogP contribution in [0, 0.1) is 10.1 Å². The largest absolute Gasteiger partial charge is 0.478 e. The summed E-state index contributed by atoms with van der Waals surface area (Å²) in [5.74, 6) is 0.283. The minimum atomic E-state index is -0.934. The van der Waals surface area contributed by atoms with Gasteiger partial charge in [-0.1, -0.05) is 66.7 Å². The van der Waals surface area contributed by atoms with Crippen LogP contribution in [0.2, 0.25) is 0 Å². The molecule has 138 valence electrons. The summed E-state index contributed by atoms with van der Waals surface area (Å²) < 4.78 is 6.18. The number of benzene rings is 3. The monoisotopic (exact) mass is 370 g/mol. The van der Waals surface area contributed by atoms with Crippen LogP contribution >= 0.6 is 0 Å². The molecule has 5 heteroatoms. The van der Waals surface area contributed by atoms with Crippen molar-refractivity contribution < 1.29 is 9.66 Å². The number of rotatable bonds is 3. The third kappa shape index (κ3) is 2.55. The van der Waals surface area contributed by atoms with E-state index in [-0.39, 0.29) is 4.92 Å². The highest BCUT2D eigenvalue weighted by molar-refractivity contribution is 5.84. The van der Waals surface area contributed by atoms with Crippen molar-refractivity contribution in [1.29, 1.82) is 0 Å². The Morgan fingerprint density at radius 2 is 1.57 bits per heavy atom. The SMILES string of the molecule is O=[N+]([O-])[C@@H]1[C@@H](c2c[nH]c3ccccc23)c2ccccc2O[C@@H]1c1ccccc1. The molecule has 28 heavy (non-hydrogen) atoms. The molecule has 4 aromatic rings. The van der Waals surface area contributed by atoms with E-state index in [0.717, 1.165) is 27.6 Å². The molecule has 3 aromatic carbocycles. The van der Waals surface area contributed by atoms with E-state index in [1.807, 2.05) is 85.1 Å². The number of para-hydroxylation sites is 2. The average molecular weight is 370 g/mol. The fraction of sp³-hybridized carbons (Fsp3) is 0.130. The van der Waals surface area contributed by atoms with Crippen LogP contribution in [-0.2, 0) is 0 Å². The molecular weight excluding hydrogens is 352 g/mol. The second kappa shape index (κ2) is 6.53. The number of hydrogen-bond donors (Lipinski definition) is 1. The van der Waals surface area contributed by atoms with Gasteiger partial charge < -0.3 is 9.72 Å². The highest BCUT2D eigenvalue weighted by Gasteiger charge is 2.48. The second-order valence-corrected chi connectivity index (χ2v) is 7.03. The van der Waals surface area contributed by atoms with Crippen LogP contribution in [0.15, 0.2) is 85.1 Å².